The van der Waals surface area contributed by atoms with Gasteiger partial charge in [-0.3, -0.25) is 4.90 Å². The third-order valence-electron chi connectivity index (χ3n) is 4.29. The molecule has 0 aromatic rings. The summed E-state index contributed by atoms with van der Waals surface area (Å²) in [7, 11) is 2.11. The lowest BCUT2D eigenvalue weighted by atomic mass is 9.86. The highest BCUT2D eigenvalue weighted by Gasteiger charge is 2.42. The van der Waals surface area contributed by atoms with Gasteiger partial charge in [0.25, 0.3) is 0 Å². The second-order valence-corrected chi connectivity index (χ2v) is 7.27. The number of hydrogen-bond donors (Lipinski definition) is 1. The molecular formula is C15H30N2O. The van der Waals surface area contributed by atoms with Crippen LogP contribution in [0.1, 0.15) is 53.4 Å². The van der Waals surface area contributed by atoms with E-state index in [4.69, 9.17) is 4.74 Å². The Morgan fingerprint density at radius 1 is 1.00 bits per heavy atom. The zero-order chi connectivity index (χ0) is 13.4. The molecule has 2 unspecified atom stereocenters. The SMILES string of the molecule is CNC1CCCCC1N1CC(C)(C)OC(C)(C)C1. The van der Waals surface area contributed by atoms with Gasteiger partial charge in [0.15, 0.2) is 0 Å². The molecule has 0 bridgehead atoms. The fourth-order valence-corrected chi connectivity index (χ4v) is 3.97. The van der Waals surface area contributed by atoms with Gasteiger partial charge in [-0.25, -0.2) is 0 Å². The van der Waals surface area contributed by atoms with Crippen molar-refractivity contribution in [3.63, 3.8) is 0 Å². The van der Waals surface area contributed by atoms with Crippen LogP contribution in [0.25, 0.3) is 0 Å². The minimum Gasteiger partial charge on any atom is -0.367 e. The van der Waals surface area contributed by atoms with E-state index in [9.17, 15) is 0 Å². The van der Waals surface area contributed by atoms with Crippen molar-refractivity contribution in [3.05, 3.63) is 0 Å². The summed E-state index contributed by atoms with van der Waals surface area (Å²) in [5.74, 6) is 0. The molecule has 0 radical (unpaired) electrons. The summed E-state index contributed by atoms with van der Waals surface area (Å²) in [6.07, 6.45) is 5.40. The average molecular weight is 254 g/mol. The normalized spacial score (nSPS) is 36.5. The zero-order valence-electron chi connectivity index (χ0n) is 12.8. The third-order valence-corrected chi connectivity index (χ3v) is 4.29. The number of hydrogen-bond acceptors (Lipinski definition) is 3. The van der Waals surface area contributed by atoms with Gasteiger partial charge in [-0.1, -0.05) is 12.8 Å². The number of nitrogens with one attached hydrogen (secondary N) is 1. The van der Waals surface area contributed by atoms with E-state index in [1.807, 2.05) is 0 Å². The molecule has 1 saturated carbocycles. The lowest BCUT2D eigenvalue weighted by Crippen LogP contribution is -2.63. The molecule has 0 amide bonds. The summed E-state index contributed by atoms with van der Waals surface area (Å²) in [4.78, 5) is 2.67. The van der Waals surface area contributed by atoms with Crippen LogP contribution < -0.4 is 5.32 Å². The highest BCUT2D eigenvalue weighted by atomic mass is 16.5. The molecule has 1 aliphatic heterocycles. The second kappa shape index (κ2) is 5.10. The van der Waals surface area contributed by atoms with Gasteiger partial charge in [0.1, 0.15) is 0 Å². The summed E-state index contributed by atoms with van der Waals surface area (Å²) in [5.41, 5.74) is -0.0605. The molecule has 1 saturated heterocycles. The zero-order valence-corrected chi connectivity index (χ0v) is 12.8. The predicted octanol–water partition coefficient (Wildman–Crippen LogP) is 2.41. The first-order chi connectivity index (χ1) is 8.33. The highest BCUT2D eigenvalue weighted by Crippen LogP contribution is 2.33. The standard InChI is InChI=1S/C15H30N2O/c1-14(2)10-17(11-15(3,4)18-14)13-9-7-6-8-12(13)16-5/h12-13,16H,6-11H2,1-5H3. The van der Waals surface area contributed by atoms with Crippen molar-refractivity contribution in [1.82, 2.24) is 10.2 Å². The fraction of sp³-hybridized carbons (Fsp3) is 1.00. The van der Waals surface area contributed by atoms with Crippen molar-refractivity contribution in [2.75, 3.05) is 20.1 Å². The van der Waals surface area contributed by atoms with Crippen LogP contribution in [0, 0.1) is 0 Å². The van der Waals surface area contributed by atoms with E-state index in [2.05, 4.69) is 45.0 Å². The van der Waals surface area contributed by atoms with Gasteiger partial charge in [-0.05, 0) is 47.6 Å². The molecule has 18 heavy (non-hydrogen) atoms. The Kier molecular flexibility index (Phi) is 4.05. The minimum atomic E-state index is -0.0303. The van der Waals surface area contributed by atoms with E-state index < -0.39 is 0 Å². The predicted molar refractivity (Wildman–Crippen MR) is 75.9 cm³/mol. The Balaban J connectivity index is 2.11. The quantitative estimate of drug-likeness (QED) is 0.819. The molecule has 0 aromatic carbocycles. The molecule has 1 heterocycles. The molecule has 0 spiro atoms. The highest BCUT2D eigenvalue weighted by molar-refractivity contribution is 4.96. The minimum absolute atomic E-state index is 0.0303. The van der Waals surface area contributed by atoms with Crippen molar-refractivity contribution in [2.45, 2.75) is 76.7 Å². The molecule has 0 aromatic heterocycles. The molecule has 1 N–H and O–H groups in total. The maximum absolute atomic E-state index is 6.19. The van der Waals surface area contributed by atoms with Gasteiger partial charge in [0, 0.05) is 25.2 Å². The van der Waals surface area contributed by atoms with Crippen molar-refractivity contribution < 1.29 is 4.74 Å². The molecule has 106 valence electrons. The van der Waals surface area contributed by atoms with E-state index >= 15 is 0 Å². The Morgan fingerprint density at radius 3 is 2.11 bits per heavy atom. The van der Waals surface area contributed by atoms with Gasteiger partial charge >= 0.3 is 0 Å². The molecule has 2 atom stereocenters. The Labute approximate surface area is 112 Å². The van der Waals surface area contributed by atoms with Crippen LogP contribution in [-0.2, 0) is 4.74 Å². The third kappa shape index (κ3) is 3.25. The summed E-state index contributed by atoms with van der Waals surface area (Å²) < 4.78 is 6.19. The maximum atomic E-state index is 6.19. The first kappa shape index (κ1) is 14.3. The largest absolute Gasteiger partial charge is 0.367 e. The van der Waals surface area contributed by atoms with Crippen LogP contribution in [0.5, 0.6) is 0 Å². The van der Waals surface area contributed by atoms with Crippen LogP contribution in [0.4, 0.5) is 0 Å². The van der Waals surface area contributed by atoms with Crippen LogP contribution in [-0.4, -0.2) is 48.3 Å². The second-order valence-electron chi connectivity index (χ2n) is 7.27. The van der Waals surface area contributed by atoms with Gasteiger partial charge < -0.3 is 10.1 Å². The summed E-state index contributed by atoms with van der Waals surface area (Å²) in [6.45, 7) is 11.0. The molecular weight excluding hydrogens is 224 g/mol. The van der Waals surface area contributed by atoms with Crippen LogP contribution >= 0.6 is 0 Å². The molecule has 1 aliphatic carbocycles. The number of morpholine rings is 1. The lowest BCUT2D eigenvalue weighted by molar-refractivity contribution is -0.190. The first-order valence-electron chi connectivity index (χ1n) is 7.44. The van der Waals surface area contributed by atoms with Crippen molar-refractivity contribution in [2.24, 2.45) is 0 Å². The number of rotatable bonds is 2. The van der Waals surface area contributed by atoms with Gasteiger partial charge in [0.05, 0.1) is 11.2 Å². The summed E-state index contributed by atoms with van der Waals surface area (Å²) >= 11 is 0. The first-order valence-corrected chi connectivity index (χ1v) is 7.44. The Morgan fingerprint density at radius 2 is 1.56 bits per heavy atom. The van der Waals surface area contributed by atoms with Crippen molar-refractivity contribution in [3.8, 4) is 0 Å². The van der Waals surface area contributed by atoms with Gasteiger partial charge in [-0.2, -0.15) is 0 Å². The fourth-order valence-electron chi connectivity index (χ4n) is 3.97. The number of ether oxygens (including phenoxy) is 1. The van der Waals surface area contributed by atoms with Crippen LogP contribution in [0.3, 0.4) is 0 Å². The Hall–Kier alpha value is -0.120. The summed E-state index contributed by atoms with van der Waals surface area (Å²) in [5, 5.41) is 3.52. The smallest absolute Gasteiger partial charge is 0.0760 e. The molecule has 2 rings (SSSR count). The Bertz CT molecular complexity index is 272. The van der Waals surface area contributed by atoms with Gasteiger partial charge in [0.2, 0.25) is 0 Å². The molecule has 3 nitrogen and oxygen atoms in total. The van der Waals surface area contributed by atoms with E-state index in [-0.39, 0.29) is 11.2 Å². The summed E-state index contributed by atoms with van der Waals surface area (Å²) in [6, 6.07) is 1.34. The topological polar surface area (TPSA) is 24.5 Å². The lowest BCUT2D eigenvalue weighted by Gasteiger charge is -2.52. The van der Waals surface area contributed by atoms with E-state index in [0.717, 1.165) is 13.1 Å². The maximum Gasteiger partial charge on any atom is 0.0760 e. The molecule has 2 fully saturated rings. The van der Waals surface area contributed by atoms with Crippen LogP contribution in [0.15, 0.2) is 0 Å². The molecule has 2 aliphatic rings. The average Bonchev–Trinajstić information content (AvgIpc) is 2.24. The number of nitrogens with zero attached hydrogens (tertiary/aromatic N) is 1. The van der Waals surface area contributed by atoms with E-state index in [1.165, 1.54) is 25.7 Å². The van der Waals surface area contributed by atoms with Crippen LogP contribution in [0.2, 0.25) is 0 Å². The van der Waals surface area contributed by atoms with E-state index in [1.54, 1.807) is 0 Å². The monoisotopic (exact) mass is 254 g/mol. The van der Waals surface area contributed by atoms with E-state index in [0.29, 0.717) is 12.1 Å². The van der Waals surface area contributed by atoms with Crippen molar-refractivity contribution >= 4 is 0 Å². The van der Waals surface area contributed by atoms with Gasteiger partial charge in [-0.15, -0.1) is 0 Å². The number of likely N-dealkylation sites (N-methyl/N-ethyl adjacent to an activating group) is 1. The van der Waals surface area contributed by atoms with Crippen molar-refractivity contribution in [1.29, 1.82) is 0 Å². The molecule has 3 heteroatoms.